The monoisotopic (exact) mass is 543 g/mol. The first-order valence-electron chi connectivity index (χ1n) is 8.92. The number of benzene rings is 3. The Morgan fingerprint density at radius 2 is 1.73 bits per heavy atom. The third kappa shape index (κ3) is 4.63. The molecule has 7 heteroatoms. The number of ether oxygens (including phenoxy) is 1. The Morgan fingerprint density at radius 3 is 2.43 bits per heavy atom. The number of nitrogens with zero attached hydrogens (tertiary/aromatic N) is 1. The number of para-hydroxylation sites is 1. The average molecular weight is 543 g/mol. The van der Waals surface area contributed by atoms with Crippen LogP contribution in [0.4, 0.5) is 5.69 Å². The molecular weight excluding hydrogens is 529 g/mol. The van der Waals surface area contributed by atoms with Gasteiger partial charge in [0.25, 0.3) is 5.91 Å². The van der Waals surface area contributed by atoms with Crippen molar-refractivity contribution in [2.24, 2.45) is 0 Å². The molecule has 0 atom stereocenters. The molecule has 1 amide bonds. The maximum absolute atomic E-state index is 12.8. The van der Waals surface area contributed by atoms with Gasteiger partial charge in [-0.05, 0) is 76.7 Å². The van der Waals surface area contributed by atoms with E-state index in [1.165, 1.54) is 16.7 Å². The van der Waals surface area contributed by atoms with Gasteiger partial charge in [0.05, 0.1) is 16.2 Å². The van der Waals surface area contributed by atoms with Gasteiger partial charge in [-0.15, -0.1) is 0 Å². The van der Waals surface area contributed by atoms with Gasteiger partial charge in [0.15, 0.2) is 4.32 Å². The van der Waals surface area contributed by atoms with Crippen molar-refractivity contribution >= 4 is 74.5 Å². The fourth-order valence-corrected chi connectivity index (χ4v) is 4.67. The van der Waals surface area contributed by atoms with Crippen molar-refractivity contribution in [2.75, 3.05) is 4.90 Å². The van der Waals surface area contributed by atoms with E-state index in [2.05, 4.69) is 22.6 Å². The fraction of sp³-hybridized carbons (Fsp3) is 0. The minimum Gasteiger partial charge on any atom is -0.423 e. The molecule has 0 aromatic heterocycles. The summed E-state index contributed by atoms with van der Waals surface area (Å²) in [5.74, 6) is -0.122. The molecule has 148 valence electrons. The second-order valence-electron chi connectivity index (χ2n) is 6.32. The Labute approximate surface area is 197 Å². The predicted octanol–water partition coefficient (Wildman–Crippen LogP) is 5.92. The summed E-state index contributed by atoms with van der Waals surface area (Å²) in [6.07, 6.45) is 1.79. The highest BCUT2D eigenvalue weighted by Crippen LogP contribution is 2.36. The first-order chi connectivity index (χ1) is 14.5. The number of carbonyl (C=O) groups is 2. The second-order valence-corrected chi connectivity index (χ2v) is 9.24. The molecule has 1 heterocycles. The minimum atomic E-state index is -0.412. The van der Waals surface area contributed by atoms with E-state index >= 15 is 0 Å². The minimum absolute atomic E-state index is 0.148. The van der Waals surface area contributed by atoms with Gasteiger partial charge in [0.2, 0.25) is 0 Å². The van der Waals surface area contributed by atoms with Crippen molar-refractivity contribution in [1.82, 2.24) is 0 Å². The Balaban J connectivity index is 1.48. The lowest BCUT2D eigenvalue weighted by molar-refractivity contribution is -0.113. The van der Waals surface area contributed by atoms with Crippen LogP contribution < -0.4 is 9.64 Å². The molecular formula is C23H14INO3S2. The van der Waals surface area contributed by atoms with Gasteiger partial charge in [-0.2, -0.15) is 0 Å². The van der Waals surface area contributed by atoms with E-state index < -0.39 is 5.97 Å². The van der Waals surface area contributed by atoms with Crippen LogP contribution in [0, 0.1) is 3.57 Å². The van der Waals surface area contributed by atoms with Crippen LogP contribution in [0.25, 0.3) is 6.08 Å². The van der Waals surface area contributed by atoms with Gasteiger partial charge >= 0.3 is 5.97 Å². The Hall–Kier alpha value is -2.49. The fourth-order valence-electron chi connectivity index (χ4n) is 2.83. The third-order valence-electron chi connectivity index (χ3n) is 4.26. The van der Waals surface area contributed by atoms with Gasteiger partial charge in [-0.25, -0.2) is 4.79 Å². The SMILES string of the molecule is O=C(Oc1ccc(/C=C2/SC(=S)N(c3ccccc3)C2=O)cc1)c1cccc(I)c1. The van der Waals surface area contributed by atoms with Crippen LogP contribution in [0.3, 0.4) is 0 Å². The van der Waals surface area contributed by atoms with E-state index in [4.69, 9.17) is 17.0 Å². The summed E-state index contributed by atoms with van der Waals surface area (Å²) < 4.78 is 6.89. The van der Waals surface area contributed by atoms with Crippen molar-refractivity contribution in [3.05, 3.63) is 98.5 Å². The molecule has 3 aromatic carbocycles. The van der Waals surface area contributed by atoms with Crippen molar-refractivity contribution in [3.8, 4) is 5.75 Å². The Morgan fingerprint density at radius 1 is 1.00 bits per heavy atom. The number of thiocarbonyl (C=S) groups is 1. The maximum Gasteiger partial charge on any atom is 0.343 e. The summed E-state index contributed by atoms with van der Waals surface area (Å²) in [7, 11) is 0. The van der Waals surface area contributed by atoms with Gasteiger partial charge in [0, 0.05) is 3.57 Å². The van der Waals surface area contributed by atoms with Crippen LogP contribution in [0.1, 0.15) is 15.9 Å². The van der Waals surface area contributed by atoms with E-state index in [-0.39, 0.29) is 5.91 Å². The zero-order valence-corrected chi connectivity index (χ0v) is 19.2. The summed E-state index contributed by atoms with van der Waals surface area (Å²) in [6.45, 7) is 0. The lowest BCUT2D eigenvalue weighted by Crippen LogP contribution is -2.27. The summed E-state index contributed by atoms with van der Waals surface area (Å²) in [6, 6.07) is 23.5. The number of hydrogen-bond donors (Lipinski definition) is 0. The van der Waals surface area contributed by atoms with Gasteiger partial charge < -0.3 is 4.74 Å². The highest BCUT2D eigenvalue weighted by atomic mass is 127. The number of thioether (sulfide) groups is 1. The quantitative estimate of drug-likeness (QED) is 0.135. The summed E-state index contributed by atoms with van der Waals surface area (Å²) in [5, 5.41) is 0. The topological polar surface area (TPSA) is 46.6 Å². The number of esters is 1. The largest absolute Gasteiger partial charge is 0.423 e. The standard InChI is InChI=1S/C23H14INO3S2/c24-17-6-4-5-16(14-17)22(27)28-19-11-9-15(10-12-19)13-20-21(26)25(23(29)30-20)18-7-2-1-3-8-18/h1-14H/b20-13+. The predicted molar refractivity (Wildman–Crippen MR) is 133 cm³/mol. The molecule has 4 nitrogen and oxygen atoms in total. The van der Waals surface area contributed by atoms with Crippen molar-refractivity contribution in [2.45, 2.75) is 0 Å². The first kappa shape index (κ1) is 20.8. The van der Waals surface area contributed by atoms with E-state index in [0.717, 1.165) is 14.8 Å². The smallest absolute Gasteiger partial charge is 0.343 e. The Bertz CT molecular complexity index is 1160. The zero-order valence-electron chi connectivity index (χ0n) is 15.4. The van der Waals surface area contributed by atoms with E-state index in [0.29, 0.717) is 20.5 Å². The van der Waals surface area contributed by atoms with Crippen LogP contribution in [-0.2, 0) is 4.79 Å². The highest BCUT2D eigenvalue weighted by Gasteiger charge is 2.33. The van der Waals surface area contributed by atoms with E-state index in [9.17, 15) is 9.59 Å². The number of halogens is 1. The molecule has 0 N–H and O–H groups in total. The molecule has 0 saturated carbocycles. The van der Waals surface area contributed by atoms with Crippen LogP contribution in [0.5, 0.6) is 5.75 Å². The Kier molecular flexibility index (Phi) is 6.31. The molecule has 0 unspecified atom stereocenters. The lowest BCUT2D eigenvalue weighted by Gasteiger charge is -2.13. The van der Waals surface area contributed by atoms with E-state index in [1.54, 1.807) is 42.5 Å². The number of rotatable bonds is 4. The van der Waals surface area contributed by atoms with Gasteiger partial charge in [-0.1, -0.05) is 60.4 Å². The molecule has 4 rings (SSSR count). The normalized spacial score (nSPS) is 15.0. The van der Waals surface area contributed by atoms with E-state index in [1.807, 2.05) is 42.5 Å². The number of anilines is 1. The molecule has 0 radical (unpaired) electrons. The highest BCUT2D eigenvalue weighted by molar-refractivity contribution is 14.1. The van der Waals surface area contributed by atoms with Crippen LogP contribution in [-0.4, -0.2) is 16.2 Å². The molecule has 1 saturated heterocycles. The van der Waals surface area contributed by atoms with Crippen LogP contribution >= 0.6 is 46.6 Å². The van der Waals surface area contributed by atoms with Crippen molar-refractivity contribution in [1.29, 1.82) is 0 Å². The number of carbonyl (C=O) groups excluding carboxylic acids is 2. The first-order valence-corrected chi connectivity index (χ1v) is 11.2. The molecule has 0 bridgehead atoms. The van der Waals surface area contributed by atoms with Crippen LogP contribution in [0.2, 0.25) is 0 Å². The molecule has 0 aliphatic carbocycles. The van der Waals surface area contributed by atoms with Gasteiger partial charge in [0.1, 0.15) is 5.75 Å². The molecule has 1 fully saturated rings. The summed E-state index contributed by atoms with van der Waals surface area (Å²) >= 11 is 8.80. The molecule has 1 aliphatic heterocycles. The molecule has 1 aliphatic rings. The molecule has 0 spiro atoms. The average Bonchev–Trinajstić information content (AvgIpc) is 3.03. The lowest BCUT2D eigenvalue weighted by atomic mass is 10.2. The molecule has 3 aromatic rings. The van der Waals surface area contributed by atoms with Crippen LogP contribution in [0.15, 0.2) is 83.8 Å². The van der Waals surface area contributed by atoms with Crippen molar-refractivity contribution in [3.63, 3.8) is 0 Å². The number of hydrogen-bond acceptors (Lipinski definition) is 5. The summed E-state index contributed by atoms with van der Waals surface area (Å²) in [4.78, 5) is 27.2. The molecule has 30 heavy (non-hydrogen) atoms. The van der Waals surface area contributed by atoms with Crippen molar-refractivity contribution < 1.29 is 14.3 Å². The maximum atomic E-state index is 12.8. The second kappa shape index (κ2) is 9.11. The zero-order chi connectivity index (χ0) is 21.1. The summed E-state index contributed by atoms with van der Waals surface area (Å²) in [5.41, 5.74) is 2.06. The number of amides is 1. The van der Waals surface area contributed by atoms with Gasteiger partial charge in [-0.3, -0.25) is 9.69 Å². The third-order valence-corrected chi connectivity index (χ3v) is 6.23.